The van der Waals surface area contributed by atoms with Crippen molar-refractivity contribution in [2.24, 2.45) is 5.92 Å². The van der Waals surface area contributed by atoms with Crippen molar-refractivity contribution in [1.82, 2.24) is 20.4 Å². The average Bonchev–Trinajstić information content (AvgIpc) is 3.04. The van der Waals surface area contributed by atoms with Crippen molar-refractivity contribution in [1.29, 1.82) is 0 Å². The topological polar surface area (TPSA) is 57.4 Å². The van der Waals surface area contributed by atoms with Gasteiger partial charge in [-0.2, -0.15) is 0 Å². The second-order valence-electron chi connectivity index (χ2n) is 6.63. The summed E-state index contributed by atoms with van der Waals surface area (Å²) in [6, 6.07) is 1.37. The Hall–Kier alpha value is -1.14. The molecule has 6 heteroatoms. The van der Waals surface area contributed by atoms with Crippen LogP contribution >= 0.6 is 0 Å². The van der Waals surface area contributed by atoms with Crippen molar-refractivity contribution in [3.05, 3.63) is 5.89 Å². The van der Waals surface area contributed by atoms with E-state index in [-0.39, 0.29) is 0 Å². The molecule has 2 fully saturated rings. The second kappa shape index (κ2) is 6.75. The van der Waals surface area contributed by atoms with Gasteiger partial charge in [0.1, 0.15) is 0 Å². The predicted octanol–water partition coefficient (Wildman–Crippen LogP) is 1.49. The Labute approximate surface area is 126 Å². The Balaban J connectivity index is 1.57. The van der Waals surface area contributed by atoms with Crippen LogP contribution in [0.1, 0.15) is 39.0 Å². The summed E-state index contributed by atoms with van der Waals surface area (Å²) in [6.45, 7) is 10.5. The van der Waals surface area contributed by atoms with Gasteiger partial charge in [0.15, 0.2) is 0 Å². The maximum atomic E-state index is 5.83. The van der Waals surface area contributed by atoms with E-state index in [1.165, 1.54) is 32.4 Å². The molecule has 2 aliphatic heterocycles. The molecule has 6 nitrogen and oxygen atoms in total. The Morgan fingerprint density at radius 2 is 2.10 bits per heavy atom. The molecule has 1 aromatic rings. The SMILES string of the molecule is CC(C)CNCc1nnc(N2CCCN3CCCC3C2)o1. The molecular weight excluding hydrogens is 266 g/mol. The quantitative estimate of drug-likeness (QED) is 0.887. The summed E-state index contributed by atoms with van der Waals surface area (Å²) in [4.78, 5) is 4.89. The first-order valence-electron chi connectivity index (χ1n) is 8.24. The molecule has 1 atom stereocenters. The van der Waals surface area contributed by atoms with E-state index in [1.807, 2.05) is 0 Å². The van der Waals surface area contributed by atoms with Crippen LogP contribution in [0.15, 0.2) is 4.42 Å². The van der Waals surface area contributed by atoms with E-state index in [0.717, 1.165) is 19.6 Å². The molecule has 0 aromatic carbocycles. The summed E-state index contributed by atoms with van der Waals surface area (Å²) in [5.41, 5.74) is 0. The second-order valence-corrected chi connectivity index (χ2v) is 6.63. The summed E-state index contributed by atoms with van der Waals surface area (Å²) in [7, 11) is 0. The normalized spacial score (nSPS) is 23.6. The van der Waals surface area contributed by atoms with Gasteiger partial charge in [-0.1, -0.05) is 18.9 Å². The Morgan fingerprint density at radius 3 is 2.95 bits per heavy atom. The lowest BCUT2D eigenvalue weighted by atomic mass is 10.2. The zero-order valence-electron chi connectivity index (χ0n) is 13.2. The van der Waals surface area contributed by atoms with Crippen LogP contribution in [0.4, 0.5) is 6.01 Å². The van der Waals surface area contributed by atoms with Gasteiger partial charge in [-0.15, -0.1) is 5.10 Å². The molecule has 1 unspecified atom stereocenters. The van der Waals surface area contributed by atoms with Crippen molar-refractivity contribution in [3.63, 3.8) is 0 Å². The van der Waals surface area contributed by atoms with Crippen molar-refractivity contribution in [2.45, 2.75) is 45.7 Å². The van der Waals surface area contributed by atoms with Gasteiger partial charge in [0.2, 0.25) is 5.89 Å². The third kappa shape index (κ3) is 3.74. The first-order valence-corrected chi connectivity index (χ1v) is 8.24. The molecule has 0 radical (unpaired) electrons. The molecule has 3 heterocycles. The highest BCUT2D eigenvalue weighted by Gasteiger charge is 2.30. The van der Waals surface area contributed by atoms with E-state index in [2.05, 4.69) is 39.2 Å². The standard InChI is InChI=1S/C15H27N5O/c1-12(2)9-16-10-14-17-18-15(21-14)20-8-4-7-19-6-3-5-13(19)11-20/h12-13,16H,3-11H2,1-2H3. The summed E-state index contributed by atoms with van der Waals surface area (Å²) < 4.78 is 5.83. The third-order valence-electron chi connectivity index (χ3n) is 4.36. The molecule has 3 rings (SSSR count). The van der Waals surface area contributed by atoms with Gasteiger partial charge in [-0.3, -0.25) is 4.90 Å². The highest BCUT2D eigenvalue weighted by atomic mass is 16.4. The minimum absolute atomic E-state index is 0.631. The molecule has 0 bridgehead atoms. The molecule has 21 heavy (non-hydrogen) atoms. The van der Waals surface area contributed by atoms with Gasteiger partial charge in [0, 0.05) is 25.7 Å². The van der Waals surface area contributed by atoms with Crippen LogP contribution in [0.2, 0.25) is 0 Å². The number of rotatable bonds is 5. The van der Waals surface area contributed by atoms with Crippen LogP contribution in [-0.4, -0.2) is 53.9 Å². The van der Waals surface area contributed by atoms with E-state index in [0.29, 0.717) is 30.4 Å². The van der Waals surface area contributed by atoms with Gasteiger partial charge in [0.25, 0.3) is 0 Å². The number of nitrogens with zero attached hydrogens (tertiary/aromatic N) is 4. The number of anilines is 1. The Morgan fingerprint density at radius 1 is 1.24 bits per heavy atom. The van der Waals surface area contributed by atoms with Crippen LogP contribution in [0, 0.1) is 5.92 Å². The van der Waals surface area contributed by atoms with E-state index >= 15 is 0 Å². The molecule has 1 N–H and O–H groups in total. The van der Waals surface area contributed by atoms with E-state index < -0.39 is 0 Å². The molecule has 2 aliphatic rings. The van der Waals surface area contributed by atoms with Gasteiger partial charge < -0.3 is 14.6 Å². The Bertz CT molecular complexity index is 447. The minimum Gasteiger partial charge on any atom is -0.407 e. The largest absolute Gasteiger partial charge is 0.407 e. The fourth-order valence-electron chi connectivity index (χ4n) is 3.29. The molecule has 0 amide bonds. The van der Waals surface area contributed by atoms with E-state index in [1.54, 1.807) is 0 Å². The lowest BCUT2D eigenvalue weighted by Crippen LogP contribution is -2.36. The molecule has 2 saturated heterocycles. The third-order valence-corrected chi connectivity index (χ3v) is 4.36. The van der Waals surface area contributed by atoms with Crippen LogP contribution in [0.5, 0.6) is 0 Å². The predicted molar refractivity (Wildman–Crippen MR) is 82.3 cm³/mol. The van der Waals surface area contributed by atoms with Crippen LogP contribution in [0.3, 0.4) is 0 Å². The molecular formula is C15H27N5O. The zero-order valence-corrected chi connectivity index (χ0v) is 13.2. The van der Waals surface area contributed by atoms with E-state index in [9.17, 15) is 0 Å². The average molecular weight is 293 g/mol. The Kier molecular flexibility index (Phi) is 4.75. The highest BCUT2D eigenvalue weighted by Crippen LogP contribution is 2.24. The summed E-state index contributed by atoms with van der Waals surface area (Å²) in [5.74, 6) is 1.32. The van der Waals surface area contributed by atoms with Crippen molar-refractivity contribution >= 4 is 6.01 Å². The molecule has 0 saturated carbocycles. The van der Waals surface area contributed by atoms with Gasteiger partial charge >= 0.3 is 6.01 Å². The van der Waals surface area contributed by atoms with Crippen LogP contribution in [-0.2, 0) is 6.54 Å². The lowest BCUT2D eigenvalue weighted by Gasteiger charge is -2.24. The highest BCUT2D eigenvalue weighted by molar-refractivity contribution is 5.25. The minimum atomic E-state index is 0.631. The molecule has 118 valence electrons. The summed E-state index contributed by atoms with van der Waals surface area (Å²) in [5, 5.41) is 11.8. The van der Waals surface area contributed by atoms with Gasteiger partial charge in [0.05, 0.1) is 6.54 Å². The number of hydrogen-bond acceptors (Lipinski definition) is 6. The lowest BCUT2D eigenvalue weighted by molar-refractivity contribution is 0.272. The van der Waals surface area contributed by atoms with E-state index in [4.69, 9.17) is 4.42 Å². The maximum Gasteiger partial charge on any atom is 0.318 e. The number of nitrogens with one attached hydrogen (secondary N) is 1. The number of hydrogen-bond donors (Lipinski definition) is 1. The van der Waals surface area contributed by atoms with Gasteiger partial charge in [-0.05, 0) is 38.3 Å². The van der Waals surface area contributed by atoms with Crippen molar-refractivity contribution in [3.8, 4) is 0 Å². The maximum absolute atomic E-state index is 5.83. The number of aromatic nitrogens is 2. The van der Waals surface area contributed by atoms with Crippen LogP contribution < -0.4 is 10.2 Å². The monoisotopic (exact) mass is 293 g/mol. The van der Waals surface area contributed by atoms with Crippen molar-refractivity contribution in [2.75, 3.05) is 37.6 Å². The van der Waals surface area contributed by atoms with Crippen LogP contribution in [0.25, 0.3) is 0 Å². The molecule has 0 spiro atoms. The first-order chi connectivity index (χ1) is 10.2. The summed E-state index contributed by atoms with van der Waals surface area (Å²) in [6.07, 6.45) is 3.81. The summed E-state index contributed by atoms with van der Waals surface area (Å²) >= 11 is 0. The zero-order chi connectivity index (χ0) is 14.7. The number of fused-ring (bicyclic) bond motifs is 1. The smallest absolute Gasteiger partial charge is 0.318 e. The molecule has 0 aliphatic carbocycles. The molecule has 1 aromatic heterocycles. The van der Waals surface area contributed by atoms with Crippen molar-refractivity contribution < 1.29 is 4.42 Å². The fourth-order valence-corrected chi connectivity index (χ4v) is 3.29. The fraction of sp³-hybridized carbons (Fsp3) is 0.867. The first kappa shape index (κ1) is 14.8. The van der Waals surface area contributed by atoms with Gasteiger partial charge in [-0.25, -0.2) is 0 Å².